The number of Topliss-reactive ketones (excluding diaryl/α,β-unsaturated/α-hetero) is 2. The zero-order valence-electron chi connectivity index (χ0n) is 37.7. The summed E-state index contributed by atoms with van der Waals surface area (Å²) in [6.45, 7) is 17.4. The summed E-state index contributed by atoms with van der Waals surface area (Å²) in [5.74, 6) is -6.44. The van der Waals surface area contributed by atoms with Gasteiger partial charge in [0.2, 0.25) is 11.7 Å². The van der Waals surface area contributed by atoms with Crippen LogP contribution >= 0.6 is 0 Å². The topological polar surface area (TPSA) is 167 Å². The molecule has 3 aliphatic heterocycles. The highest BCUT2D eigenvalue weighted by molar-refractivity contribution is 6.39. The van der Waals surface area contributed by atoms with Gasteiger partial charge in [0.1, 0.15) is 24.0 Å². The lowest BCUT2D eigenvalue weighted by molar-refractivity contribution is -0.302. The number of ketones is 2. The summed E-state index contributed by atoms with van der Waals surface area (Å²) in [4.78, 5) is 70.1. The van der Waals surface area contributed by atoms with Gasteiger partial charge in [0.05, 0.1) is 31.0 Å². The van der Waals surface area contributed by atoms with Crippen LogP contribution in [0, 0.1) is 29.6 Å². The number of carbonyl (C=O) groups excluding carboxylic acids is 5. The van der Waals surface area contributed by atoms with Crippen LogP contribution in [0.1, 0.15) is 126 Å². The second-order valence-electron chi connectivity index (χ2n) is 18.2. The highest BCUT2D eigenvalue weighted by atomic mass is 16.7. The van der Waals surface area contributed by atoms with Gasteiger partial charge >= 0.3 is 5.97 Å². The van der Waals surface area contributed by atoms with Gasteiger partial charge in [-0.25, -0.2) is 4.79 Å². The molecule has 0 aromatic heterocycles. The summed E-state index contributed by atoms with van der Waals surface area (Å²) in [5, 5.41) is 15.1. The lowest BCUT2D eigenvalue weighted by Crippen LogP contribution is -2.64. The molecule has 4 aliphatic rings. The monoisotopic (exact) mass is 843 g/mol. The molecule has 3 heterocycles. The van der Waals surface area contributed by atoms with Gasteiger partial charge in [0.25, 0.3) is 11.7 Å². The summed E-state index contributed by atoms with van der Waals surface area (Å²) in [7, 11) is 3.10. The molecule has 13 nitrogen and oxygen atoms in total. The van der Waals surface area contributed by atoms with Gasteiger partial charge in [-0.1, -0.05) is 51.5 Å². The molecule has 0 aromatic rings. The molecule has 0 aromatic carbocycles. The van der Waals surface area contributed by atoms with E-state index in [1.807, 2.05) is 27.7 Å². The quantitative estimate of drug-likeness (QED) is 0.154. The Morgan fingerprint density at radius 1 is 1.00 bits per heavy atom. The van der Waals surface area contributed by atoms with Crippen molar-refractivity contribution in [2.75, 3.05) is 27.4 Å². The lowest BCUT2D eigenvalue weighted by Gasteiger charge is -2.47. The SMILES string of the molecule is C=CCOC1CC(C=C(C)C2OC(=O)C3CCCCN3C(=O)C(=O)C3(O)OC(C(OC)CC(C)C/C(C)=C/C(CC)C(=O)CCC2C)C(OC)CC3C)CCC1NC(C)=O. The molecule has 2 saturated heterocycles. The summed E-state index contributed by atoms with van der Waals surface area (Å²) in [6.07, 6.45) is 9.39. The van der Waals surface area contributed by atoms with E-state index < -0.39 is 59.8 Å². The largest absolute Gasteiger partial charge is 0.456 e. The minimum absolute atomic E-state index is 0.0605. The Bertz CT molecular complexity index is 1580. The Labute approximate surface area is 358 Å². The maximum Gasteiger partial charge on any atom is 0.329 e. The molecule has 2 amide bonds. The Morgan fingerprint density at radius 3 is 2.35 bits per heavy atom. The van der Waals surface area contributed by atoms with E-state index in [0.29, 0.717) is 64.4 Å². The van der Waals surface area contributed by atoms with E-state index in [1.165, 1.54) is 11.8 Å². The minimum atomic E-state index is -2.48. The Kier molecular flexibility index (Phi) is 18.7. The number of fused-ring (bicyclic) bond motifs is 3. The predicted molar refractivity (Wildman–Crippen MR) is 227 cm³/mol. The molecule has 2 N–H and O–H groups in total. The standard InChI is InChI=1S/C47H74N2O11/c1-11-21-58-39-27-34(17-18-36(39)48-33(8)50)25-31(6)42-30(5)16-19-38(51)35(12-2)23-28(3)22-29(4)24-40(56-9)43-41(57-10)26-32(7)47(55,60-43)44(52)45(53)49-20-14-13-15-37(49)46(54)59-42/h11,23,25,29-30,32,34-37,39-43,55H,1,12-22,24,26-27H2,2-10H3,(H,48,50)/b28-23+,31-25?. The van der Waals surface area contributed by atoms with Crippen LogP contribution in [0.3, 0.4) is 0 Å². The van der Waals surface area contributed by atoms with E-state index in [-0.39, 0.29) is 66.9 Å². The molecule has 13 heteroatoms. The van der Waals surface area contributed by atoms with Crippen LogP contribution in [0.2, 0.25) is 0 Å². The van der Waals surface area contributed by atoms with E-state index in [1.54, 1.807) is 27.2 Å². The van der Waals surface area contributed by atoms with Gasteiger partial charge in [-0.2, -0.15) is 0 Å². The van der Waals surface area contributed by atoms with Crippen LogP contribution in [0.5, 0.6) is 0 Å². The molecule has 13 unspecified atom stereocenters. The van der Waals surface area contributed by atoms with E-state index in [9.17, 15) is 29.1 Å². The second kappa shape index (κ2) is 22.7. The van der Waals surface area contributed by atoms with Crippen LogP contribution in [-0.2, 0) is 47.7 Å². The Morgan fingerprint density at radius 2 is 1.70 bits per heavy atom. The normalized spacial score (nSPS) is 38.1. The number of carbonyl (C=O) groups is 5. The summed E-state index contributed by atoms with van der Waals surface area (Å²) in [6, 6.07) is -1.20. The average molecular weight is 843 g/mol. The number of aliphatic hydroxyl groups is 1. The molecule has 1 aliphatic carbocycles. The van der Waals surface area contributed by atoms with Crippen molar-refractivity contribution in [1.29, 1.82) is 0 Å². The average Bonchev–Trinajstić information content (AvgIpc) is 3.22. The number of nitrogens with zero attached hydrogens (tertiary/aromatic N) is 1. The first-order valence-corrected chi connectivity index (χ1v) is 22.4. The number of methoxy groups -OCH3 is 2. The van der Waals surface area contributed by atoms with Crippen LogP contribution < -0.4 is 5.32 Å². The minimum Gasteiger partial charge on any atom is -0.456 e. The van der Waals surface area contributed by atoms with E-state index in [0.717, 1.165) is 17.6 Å². The second-order valence-corrected chi connectivity index (χ2v) is 18.2. The van der Waals surface area contributed by atoms with Gasteiger partial charge in [-0.3, -0.25) is 19.2 Å². The van der Waals surface area contributed by atoms with Gasteiger partial charge in [0, 0.05) is 45.9 Å². The van der Waals surface area contributed by atoms with Gasteiger partial charge < -0.3 is 39.0 Å². The number of rotatable bonds is 9. The van der Waals surface area contributed by atoms with Crippen molar-refractivity contribution in [2.45, 2.75) is 174 Å². The fourth-order valence-corrected chi connectivity index (χ4v) is 9.96. The van der Waals surface area contributed by atoms with Crippen molar-refractivity contribution in [2.24, 2.45) is 29.6 Å². The van der Waals surface area contributed by atoms with Gasteiger partial charge in [-0.15, -0.1) is 6.58 Å². The molecule has 2 bridgehead atoms. The number of esters is 1. The first-order chi connectivity index (χ1) is 28.5. The molecule has 4 rings (SSSR count). The number of amides is 2. The third-order valence-electron chi connectivity index (χ3n) is 13.3. The Hall–Kier alpha value is -3.23. The van der Waals surface area contributed by atoms with Crippen molar-refractivity contribution < 1.29 is 52.8 Å². The molecule has 0 radical (unpaired) electrons. The zero-order valence-corrected chi connectivity index (χ0v) is 37.7. The van der Waals surface area contributed by atoms with Crippen molar-refractivity contribution in [3.63, 3.8) is 0 Å². The summed E-state index contributed by atoms with van der Waals surface area (Å²) in [5.41, 5.74) is 1.89. The molecule has 1 saturated carbocycles. The number of cyclic esters (lactones) is 1. The first kappa shape index (κ1) is 49.4. The third kappa shape index (κ3) is 12.5. The molecular formula is C47H74N2O11. The number of hydrogen-bond donors (Lipinski definition) is 2. The maximum absolute atomic E-state index is 14.4. The zero-order chi connectivity index (χ0) is 44.3. The van der Waals surface area contributed by atoms with E-state index >= 15 is 0 Å². The maximum atomic E-state index is 14.4. The number of allylic oxidation sites excluding steroid dienone is 3. The van der Waals surface area contributed by atoms with Crippen molar-refractivity contribution in [1.82, 2.24) is 10.2 Å². The van der Waals surface area contributed by atoms with Crippen LogP contribution in [0.4, 0.5) is 0 Å². The molecule has 0 spiro atoms. The van der Waals surface area contributed by atoms with Crippen molar-refractivity contribution in [3.05, 3.63) is 36.0 Å². The number of ether oxygens (including phenoxy) is 5. The van der Waals surface area contributed by atoms with E-state index in [2.05, 4.69) is 31.0 Å². The van der Waals surface area contributed by atoms with Gasteiger partial charge in [-0.05, 0) is 108 Å². The highest BCUT2D eigenvalue weighted by Crippen LogP contribution is 2.39. The first-order valence-electron chi connectivity index (χ1n) is 22.4. The fraction of sp³-hybridized carbons (Fsp3) is 0.766. The summed E-state index contributed by atoms with van der Waals surface area (Å²) < 4.78 is 30.6. The molecule has 60 heavy (non-hydrogen) atoms. The third-order valence-corrected chi connectivity index (χ3v) is 13.3. The van der Waals surface area contributed by atoms with Gasteiger partial charge in [0.15, 0.2) is 0 Å². The predicted octanol–water partition coefficient (Wildman–Crippen LogP) is 6.20. The smallest absolute Gasteiger partial charge is 0.329 e. The number of hydrogen-bond acceptors (Lipinski definition) is 11. The highest BCUT2D eigenvalue weighted by Gasteiger charge is 2.56. The fourth-order valence-electron chi connectivity index (χ4n) is 9.96. The molecule has 13 atom stereocenters. The van der Waals surface area contributed by atoms with E-state index in [4.69, 9.17) is 23.7 Å². The van der Waals surface area contributed by atoms with Crippen molar-refractivity contribution in [3.8, 4) is 0 Å². The van der Waals surface area contributed by atoms with Crippen LogP contribution in [0.15, 0.2) is 36.0 Å². The molecular weight excluding hydrogens is 769 g/mol. The van der Waals surface area contributed by atoms with Crippen molar-refractivity contribution >= 4 is 29.4 Å². The van der Waals surface area contributed by atoms with Crippen LogP contribution in [0.25, 0.3) is 0 Å². The number of piperidine rings is 1. The number of nitrogens with one attached hydrogen (secondary N) is 1. The molecule has 338 valence electrons. The van der Waals surface area contributed by atoms with Crippen LogP contribution in [-0.4, -0.2) is 115 Å². The summed E-state index contributed by atoms with van der Waals surface area (Å²) >= 11 is 0. The Balaban J connectivity index is 1.72. The molecule has 3 fully saturated rings. The lowest BCUT2D eigenvalue weighted by atomic mass is 9.81.